The van der Waals surface area contributed by atoms with Crippen molar-refractivity contribution in [3.05, 3.63) is 51.2 Å². The van der Waals surface area contributed by atoms with E-state index in [0.29, 0.717) is 10.7 Å². The Balaban J connectivity index is 1.89. The third-order valence-electron chi connectivity index (χ3n) is 5.21. The predicted octanol–water partition coefficient (Wildman–Crippen LogP) is 5.03. The van der Waals surface area contributed by atoms with Gasteiger partial charge in [-0.05, 0) is 79.7 Å². The van der Waals surface area contributed by atoms with Gasteiger partial charge in [0.1, 0.15) is 11.2 Å². The zero-order chi connectivity index (χ0) is 15.8. The fraction of sp³-hybridized carbons (Fsp3) is 0.400. The second-order valence-electron chi connectivity index (χ2n) is 6.59. The quantitative estimate of drug-likeness (QED) is 0.690. The maximum Gasteiger partial charge on any atom is 0.147 e. The highest BCUT2D eigenvalue weighted by Gasteiger charge is 2.22. The van der Waals surface area contributed by atoms with Gasteiger partial charge in [-0.1, -0.05) is 23.7 Å². The van der Waals surface area contributed by atoms with Gasteiger partial charge < -0.3 is 0 Å². The molecule has 23 heavy (non-hydrogen) atoms. The lowest BCUT2D eigenvalue weighted by Crippen LogP contribution is -2.10. The number of hydrogen-bond acceptors (Lipinski definition) is 2. The Bertz CT molecular complexity index is 817. The molecule has 0 atom stereocenters. The van der Waals surface area contributed by atoms with Gasteiger partial charge in [-0.25, -0.2) is 4.98 Å². The van der Waals surface area contributed by atoms with Crippen molar-refractivity contribution in [1.82, 2.24) is 4.98 Å². The zero-order valence-corrected chi connectivity index (χ0v) is 13.9. The number of fused-ring (bicyclic) bond motifs is 2. The van der Waals surface area contributed by atoms with Crippen molar-refractivity contribution in [3.63, 3.8) is 0 Å². The lowest BCUT2D eigenvalue weighted by Gasteiger charge is -2.22. The summed E-state index contributed by atoms with van der Waals surface area (Å²) in [7, 11) is 0. The molecular weight excluding hydrogens is 304 g/mol. The van der Waals surface area contributed by atoms with E-state index in [1.165, 1.54) is 42.4 Å². The summed E-state index contributed by atoms with van der Waals surface area (Å²) in [4.78, 5) is 4.62. The van der Waals surface area contributed by atoms with Crippen LogP contribution in [0.1, 0.15) is 53.5 Å². The minimum atomic E-state index is 0.362. The first-order valence-electron chi connectivity index (χ1n) is 8.51. The van der Waals surface area contributed by atoms with Gasteiger partial charge in [-0.15, -0.1) is 0 Å². The van der Waals surface area contributed by atoms with Crippen LogP contribution in [-0.4, -0.2) is 4.98 Å². The van der Waals surface area contributed by atoms with Crippen LogP contribution in [0.2, 0.25) is 5.15 Å². The van der Waals surface area contributed by atoms with Crippen molar-refractivity contribution in [1.29, 1.82) is 5.26 Å². The summed E-state index contributed by atoms with van der Waals surface area (Å²) in [6.07, 6.45) is 9.16. The van der Waals surface area contributed by atoms with Crippen LogP contribution >= 0.6 is 11.6 Å². The molecule has 2 nitrogen and oxygen atoms in total. The van der Waals surface area contributed by atoms with Crippen molar-refractivity contribution < 1.29 is 0 Å². The molecule has 2 aliphatic carbocycles. The second kappa shape index (κ2) is 5.98. The maximum absolute atomic E-state index is 9.42. The molecule has 4 rings (SSSR count). The summed E-state index contributed by atoms with van der Waals surface area (Å²) in [5, 5.41) is 9.78. The van der Waals surface area contributed by atoms with Crippen LogP contribution in [0.15, 0.2) is 18.2 Å². The minimum absolute atomic E-state index is 0.362. The molecule has 0 aliphatic heterocycles. The highest BCUT2D eigenvalue weighted by molar-refractivity contribution is 6.30. The van der Waals surface area contributed by atoms with Crippen LogP contribution in [0.4, 0.5) is 0 Å². The number of nitriles is 1. The number of aryl methyl sites for hydroxylation is 2. The van der Waals surface area contributed by atoms with Crippen LogP contribution in [0.3, 0.4) is 0 Å². The molecule has 2 aromatic rings. The van der Waals surface area contributed by atoms with Gasteiger partial charge in [0.25, 0.3) is 0 Å². The SMILES string of the molecule is N#Cc1c(Cl)nc(-c2ccc3c(c2)CCCC3)c2c1CCCC2. The lowest BCUT2D eigenvalue weighted by atomic mass is 9.85. The van der Waals surface area contributed by atoms with Gasteiger partial charge in [-0.2, -0.15) is 5.26 Å². The fourth-order valence-corrected chi connectivity index (χ4v) is 4.26. The number of hydrogen-bond donors (Lipinski definition) is 0. The largest absolute Gasteiger partial charge is 0.234 e. The summed E-state index contributed by atoms with van der Waals surface area (Å²) in [6.45, 7) is 0. The van der Waals surface area contributed by atoms with E-state index < -0.39 is 0 Å². The Kier molecular flexibility index (Phi) is 3.83. The van der Waals surface area contributed by atoms with E-state index in [2.05, 4.69) is 29.3 Å². The summed E-state index contributed by atoms with van der Waals surface area (Å²) >= 11 is 6.33. The smallest absolute Gasteiger partial charge is 0.147 e. The van der Waals surface area contributed by atoms with Crippen molar-refractivity contribution >= 4 is 11.6 Å². The third kappa shape index (κ3) is 2.54. The third-order valence-corrected chi connectivity index (χ3v) is 5.48. The monoisotopic (exact) mass is 322 g/mol. The van der Waals surface area contributed by atoms with E-state index in [0.717, 1.165) is 42.5 Å². The molecule has 0 saturated carbocycles. The van der Waals surface area contributed by atoms with Crippen LogP contribution in [0.25, 0.3) is 11.3 Å². The van der Waals surface area contributed by atoms with E-state index in [1.807, 2.05) is 0 Å². The van der Waals surface area contributed by atoms with Crippen LogP contribution in [-0.2, 0) is 25.7 Å². The Morgan fingerprint density at radius 3 is 2.39 bits per heavy atom. The average Bonchev–Trinajstić information content (AvgIpc) is 2.60. The molecule has 0 bridgehead atoms. The normalized spacial score (nSPS) is 16.3. The van der Waals surface area contributed by atoms with Gasteiger partial charge in [-0.3, -0.25) is 0 Å². The Labute approximate surface area is 142 Å². The molecule has 3 heteroatoms. The van der Waals surface area contributed by atoms with Crippen LogP contribution in [0.5, 0.6) is 0 Å². The van der Waals surface area contributed by atoms with Crippen molar-refractivity contribution in [2.24, 2.45) is 0 Å². The van der Waals surface area contributed by atoms with Crippen molar-refractivity contribution in [3.8, 4) is 17.3 Å². The molecule has 1 aromatic carbocycles. The van der Waals surface area contributed by atoms with E-state index in [-0.39, 0.29) is 0 Å². The van der Waals surface area contributed by atoms with E-state index >= 15 is 0 Å². The first-order chi connectivity index (χ1) is 11.3. The molecule has 116 valence electrons. The summed E-state index contributed by atoms with van der Waals surface area (Å²) in [6, 6.07) is 9.00. The number of aromatic nitrogens is 1. The molecular formula is C20H19ClN2. The van der Waals surface area contributed by atoms with Crippen molar-refractivity contribution in [2.45, 2.75) is 51.4 Å². The van der Waals surface area contributed by atoms with Gasteiger partial charge >= 0.3 is 0 Å². The molecule has 0 amide bonds. The van der Waals surface area contributed by atoms with Gasteiger partial charge in [0.15, 0.2) is 0 Å². The number of benzene rings is 1. The zero-order valence-electron chi connectivity index (χ0n) is 13.2. The lowest BCUT2D eigenvalue weighted by molar-refractivity contribution is 0.680. The Morgan fingerprint density at radius 2 is 1.61 bits per heavy atom. The van der Waals surface area contributed by atoms with Gasteiger partial charge in [0.2, 0.25) is 0 Å². The van der Waals surface area contributed by atoms with Crippen LogP contribution < -0.4 is 0 Å². The van der Waals surface area contributed by atoms with Gasteiger partial charge in [0, 0.05) is 5.56 Å². The van der Waals surface area contributed by atoms with E-state index in [9.17, 15) is 5.26 Å². The Hall–Kier alpha value is -1.85. The average molecular weight is 323 g/mol. The predicted molar refractivity (Wildman–Crippen MR) is 92.7 cm³/mol. The molecule has 0 N–H and O–H groups in total. The fourth-order valence-electron chi connectivity index (χ4n) is 4.02. The molecule has 1 heterocycles. The van der Waals surface area contributed by atoms with Crippen molar-refractivity contribution in [2.75, 3.05) is 0 Å². The molecule has 2 aliphatic rings. The minimum Gasteiger partial charge on any atom is -0.234 e. The number of halogens is 1. The van der Waals surface area contributed by atoms with E-state index in [4.69, 9.17) is 11.6 Å². The summed E-state index contributed by atoms with van der Waals surface area (Å²) in [5.41, 5.74) is 8.06. The highest BCUT2D eigenvalue weighted by atomic mass is 35.5. The summed E-state index contributed by atoms with van der Waals surface area (Å²) in [5.74, 6) is 0. The Morgan fingerprint density at radius 1 is 0.913 bits per heavy atom. The highest BCUT2D eigenvalue weighted by Crippen LogP contribution is 2.36. The number of nitrogens with zero attached hydrogens (tertiary/aromatic N) is 2. The number of rotatable bonds is 1. The van der Waals surface area contributed by atoms with Crippen LogP contribution in [0, 0.1) is 11.3 Å². The van der Waals surface area contributed by atoms with Gasteiger partial charge in [0.05, 0.1) is 11.3 Å². The standard InChI is InChI=1S/C20H19ClN2/c21-20-18(12-22)16-7-3-4-8-17(16)19(23-20)15-10-9-13-5-1-2-6-14(13)11-15/h9-11H,1-8H2. The first kappa shape index (κ1) is 14.7. The molecule has 0 fully saturated rings. The van der Waals surface area contributed by atoms with E-state index in [1.54, 1.807) is 0 Å². The molecule has 0 unspecified atom stereocenters. The molecule has 0 saturated heterocycles. The first-order valence-corrected chi connectivity index (χ1v) is 8.89. The molecule has 0 radical (unpaired) electrons. The molecule has 1 aromatic heterocycles. The number of pyridine rings is 1. The second-order valence-corrected chi connectivity index (χ2v) is 6.95. The topological polar surface area (TPSA) is 36.7 Å². The summed E-state index contributed by atoms with van der Waals surface area (Å²) < 4.78 is 0. The maximum atomic E-state index is 9.42. The molecule has 0 spiro atoms.